The van der Waals surface area contributed by atoms with E-state index in [1.54, 1.807) is 6.07 Å². The Bertz CT molecular complexity index is 382. The molecule has 0 aliphatic carbocycles. The van der Waals surface area contributed by atoms with E-state index in [0.717, 1.165) is 6.42 Å². The maximum absolute atomic E-state index is 12.8. The van der Waals surface area contributed by atoms with E-state index < -0.39 is 0 Å². The third kappa shape index (κ3) is 4.72. The van der Waals surface area contributed by atoms with E-state index >= 15 is 0 Å². The number of benzene rings is 1. The van der Waals surface area contributed by atoms with E-state index in [-0.39, 0.29) is 11.7 Å². The van der Waals surface area contributed by atoms with E-state index in [2.05, 4.69) is 10.6 Å². The third-order valence-electron chi connectivity index (χ3n) is 2.25. The summed E-state index contributed by atoms with van der Waals surface area (Å²) in [7, 11) is 0. The van der Waals surface area contributed by atoms with Gasteiger partial charge in [0.05, 0.1) is 11.4 Å². The summed E-state index contributed by atoms with van der Waals surface area (Å²) in [4.78, 5) is 11.3. The second kappa shape index (κ2) is 6.73. The molecular weight excluding hydrogens is 221 g/mol. The van der Waals surface area contributed by atoms with Gasteiger partial charge in [0.25, 0.3) is 0 Å². The van der Waals surface area contributed by atoms with Gasteiger partial charge in [-0.05, 0) is 24.6 Å². The van der Waals surface area contributed by atoms with Crippen molar-refractivity contribution in [2.75, 3.05) is 24.1 Å². The molecule has 0 aliphatic rings. The lowest BCUT2D eigenvalue weighted by Crippen LogP contribution is -2.25. The summed E-state index contributed by atoms with van der Waals surface area (Å²) in [6, 6.07) is 4.14. The Morgan fingerprint density at radius 3 is 2.82 bits per heavy atom. The number of amides is 1. The van der Waals surface area contributed by atoms with Gasteiger partial charge in [0.2, 0.25) is 5.91 Å². The van der Waals surface area contributed by atoms with Gasteiger partial charge in [-0.1, -0.05) is 6.92 Å². The number of nitrogens with one attached hydrogen (secondary N) is 2. The predicted molar refractivity (Wildman–Crippen MR) is 67.2 cm³/mol. The van der Waals surface area contributed by atoms with Crippen molar-refractivity contribution in [2.24, 2.45) is 0 Å². The molecule has 0 unspecified atom stereocenters. The summed E-state index contributed by atoms with van der Waals surface area (Å²) in [5.74, 6) is -0.367. The van der Waals surface area contributed by atoms with Crippen molar-refractivity contribution in [1.29, 1.82) is 0 Å². The molecule has 5 heteroatoms. The number of rotatable bonds is 6. The van der Waals surface area contributed by atoms with Gasteiger partial charge in [0.15, 0.2) is 0 Å². The van der Waals surface area contributed by atoms with Gasteiger partial charge in [0.1, 0.15) is 5.82 Å². The predicted octanol–water partition coefficient (Wildman–Crippen LogP) is 1.74. The zero-order valence-corrected chi connectivity index (χ0v) is 9.92. The van der Waals surface area contributed by atoms with Crippen molar-refractivity contribution in [3.05, 3.63) is 24.0 Å². The highest BCUT2D eigenvalue weighted by Crippen LogP contribution is 2.18. The van der Waals surface area contributed by atoms with Crippen LogP contribution in [0, 0.1) is 5.82 Å². The molecule has 0 aromatic heterocycles. The Morgan fingerprint density at radius 2 is 2.18 bits per heavy atom. The number of carbonyl (C=O) groups is 1. The van der Waals surface area contributed by atoms with E-state index in [4.69, 9.17) is 5.73 Å². The topological polar surface area (TPSA) is 67.2 Å². The summed E-state index contributed by atoms with van der Waals surface area (Å²) in [5.41, 5.74) is 6.61. The lowest BCUT2D eigenvalue weighted by Gasteiger charge is -2.09. The standard InChI is InChI=1S/C12H18FN3O/c1-2-6-16-12(17)5-7-15-11-4-3-9(13)8-10(11)14/h3-4,8,15H,2,5-7,14H2,1H3,(H,16,17). The highest BCUT2D eigenvalue weighted by atomic mass is 19.1. The van der Waals surface area contributed by atoms with E-state index in [9.17, 15) is 9.18 Å². The molecule has 0 fully saturated rings. The maximum atomic E-state index is 12.8. The number of carbonyl (C=O) groups excluding carboxylic acids is 1. The van der Waals surface area contributed by atoms with Crippen LogP contribution in [0.1, 0.15) is 19.8 Å². The summed E-state index contributed by atoms with van der Waals surface area (Å²) in [6.45, 7) is 3.17. The van der Waals surface area contributed by atoms with Crippen molar-refractivity contribution in [3.8, 4) is 0 Å². The summed E-state index contributed by atoms with van der Waals surface area (Å²) < 4.78 is 12.8. The van der Waals surface area contributed by atoms with Gasteiger partial charge < -0.3 is 16.4 Å². The minimum atomic E-state index is -0.367. The van der Waals surface area contributed by atoms with Gasteiger partial charge in [-0.3, -0.25) is 4.79 Å². The summed E-state index contributed by atoms with van der Waals surface area (Å²) in [6.07, 6.45) is 1.29. The molecule has 1 aromatic carbocycles. The van der Waals surface area contributed by atoms with Crippen LogP contribution in [-0.4, -0.2) is 19.0 Å². The molecule has 4 nitrogen and oxygen atoms in total. The fraction of sp³-hybridized carbons (Fsp3) is 0.417. The van der Waals surface area contributed by atoms with Crippen LogP contribution in [0.15, 0.2) is 18.2 Å². The average molecular weight is 239 g/mol. The molecule has 4 N–H and O–H groups in total. The Morgan fingerprint density at radius 1 is 1.41 bits per heavy atom. The van der Waals surface area contributed by atoms with Crippen molar-refractivity contribution < 1.29 is 9.18 Å². The number of hydrogen-bond donors (Lipinski definition) is 3. The van der Waals surface area contributed by atoms with Crippen LogP contribution >= 0.6 is 0 Å². The number of nitrogens with two attached hydrogens (primary N) is 1. The van der Waals surface area contributed by atoms with Crippen LogP contribution in [0.4, 0.5) is 15.8 Å². The first-order chi connectivity index (χ1) is 8.13. The van der Waals surface area contributed by atoms with Crippen LogP contribution < -0.4 is 16.4 Å². The first kappa shape index (κ1) is 13.3. The minimum absolute atomic E-state index is 0.0000307. The fourth-order valence-corrected chi connectivity index (χ4v) is 1.36. The molecule has 0 saturated heterocycles. The number of anilines is 2. The van der Waals surface area contributed by atoms with E-state index in [0.29, 0.717) is 30.9 Å². The van der Waals surface area contributed by atoms with Crippen molar-refractivity contribution in [1.82, 2.24) is 5.32 Å². The SMILES string of the molecule is CCCNC(=O)CCNc1ccc(F)cc1N. The molecule has 94 valence electrons. The van der Waals surface area contributed by atoms with Crippen molar-refractivity contribution in [2.45, 2.75) is 19.8 Å². The molecule has 0 spiro atoms. The van der Waals surface area contributed by atoms with E-state index in [1.165, 1.54) is 12.1 Å². The van der Waals surface area contributed by atoms with Gasteiger partial charge in [0, 0.05) is 19.5 Å². The van der Waals surface area contributed by atoms with Crippen molar-refractivity contribution in [3.63, 3.8) is 0 Å². The molecule has 0 atom stereocenters. The molecule has 1 rings (SSSR count). The van der Waals surface area contributed by atoms with Crippen LogP contribution in [0.2, 0.25) is 0 Å². The molecule has 17 heavy (non-hydrogen) atoms. The number of hydrogen-bond acceptors (Lipinski definition) is 3. The first-order valence-corrected chi connectivity index (χ1v) is 5.69. The molecule has 1 amide bonds. The zero-order valence-electron chi connectivity index (χ0n) is 9.92. The number of nitrogen functional groups attached to an aromatic ring is 1. The lowest BCUT2D eigenvalue weighted by molar-refractivity contribution is -0.120. The van der Waals surface area contributed by atoms with Gasteiger partial charge in [-0.2, -0.15) is 0 Å². The Balaban J connectivity index is 2.33. The third-order valence-corrected chi connectivity index (χ3v) is 2.25. The monoisotopic (exact) mass is 239 g/mol. The largest absolute Gasteiger partial charge is 0.397 e. The summed E-state index contributed by atoms with van der Waals surface area (Å²) >= 11 is 0. The Kier molecular flexibility index (Phi) is 5.26. The molecular formula is C12H18FN3O. The molecule has 0 radical (unpaired) electrons. The molecule has 0 bridgehead atoms. The first-order valence-electron chi connectivity index (χ1n) is 5.69. The van der Waals surface area contributed by atoms with Crippen LogP contribution in [0.25, 0.3) is 0 Å². The summed E-state index contributed by atoms with van der Waals surface area (Å²) in [5, 5.41) is 5.77. The fourth-order valence-electron chi connectivity index (χ4n) is 1.36. The van der Waals surface area contributed by atoms with E-state index in [1.807, 2.05) is 6.92 Å². The maximum Gasteiger partial charge on any atom is 0.221 e. The van der Waals surface area contributed by atoms with Gasteiger partial charge >= 0.3 is 0 Å². The smallest absolute Gasteiger partial charge is 0.221 e. The zero-order chi connectivity index (χ0) is 12.7. The molecule has 0 saturated carbocycles. The van der Waals surface area contributed by atoms with Gasteiger partial charge in [-0.15, -0.1) is 0 Å². The second-order valence-electron chi connectivity index (χ2n) is 3.76. The minimum Gasteiger partial charge on any atom is -0.397 e. The lowest BCUT2D eigenvalue weighted by atomic mass is 10.2. The molecule has 0 heterocycles. The quantitative estimate of drug-likeness (QED) is 0.662. The van der Waals surface area contributed by atoms with Crippen molar-refractivity contribution >= 4 is 17.3 Å². The molecule has 0 aliphatic heterocycles. The van der Waals surface area contributed by atoms with Gasteiger partial charge in [-0.25, -0.2) is 4.39 Å². The number of halogens is 1. The highest BCUT2D eigenvalue weighted by Gasteiger charge is 2.02. The average Bonchev–Trinajstić information content (AvgIpc) is 2.29. The second-order valence-corrected chi connectivity index (χ2v) is 3.76. The highest BCUT2D eigenvalue weighted by molar-refractivity contribution is 5.76. The Hall–Kier alpha value is -1.78. The normalized spacial score (nSPS) is 10.0. The van der Waals surface area contributed by atoms with Crippen LogP contribution in [0.3, 0.4) is 0 Å². The van der Waals surface area contributed by atoms with Crippen LogP contribution in [0.5, 0.6) is 0 Å². The Labute approximate surface area is 100 Å². The molecule has 1 aromatic rings. The van der Waals surface area contributed by atoms with Crippen LogP contribution in [-0.2, 0) is 4.79 Å².